The van der Waals surface area contributed by atoms with Crippen LogP contribution in [0.1, 0.15) is 51.5 Å². The monoisotopic (exact) mass is 518 g/mol. The number of hydrogen-bond acceptors (Lipinski definition) is 8. The van der Waals surface area contributed by atoms with Crippen molar-refractivity contribution >= 4 is 23.6 Å². The van der Waals surface area contributed by atoms with Gasteiger partial charge in [0.05, 0.1) is 11.7 Å². The van der Waals surface area contributed by atoms with Gasteiger partial charge >= 0.3 is 5.69 Å². The summed E-state index contributed by atoms with van der Waals surface area (Å²) in [5.74, 6) is 0.600. The Morgan fingerprint density at radius 3 is 2.70 bits per heavy atom. The molecule has 0 spiro atoms. The summed E-state index contributed by atoms with van der Waals surface area (Å²) in [6.07, 6.45) is 4.56. The first-order chi connectivity index (χ1) is 17.9. The molecule has 12 heteroatoms. The number of hydrogen-bond donors (Lipinski definition) is 3. The molecule has 2 aliphatic rings. The van der Waals surface area contributed by atoms with Crippen LogP contribution in [0, 0.1) is 11.8 Å². The van der Waals surface area contributed by atoms with Crippen molar-refractivity contribution in [1.82, 2.24) is 40.8 Å². The Hall–Kier alpha value is -4.06. The second-order valence-corrected chi connectivity index (χ2v) is 10.2. The van der Waals surface area contributed by atoms with E-state index in [0.717, 1.165) is 35.3 Å². The van der Waals surface area contributed by atoms with Crippen molar-refractivity contribution < 1.29 is 9.59 Å². The lowest BCUT2D eigenvalue weighted by Crippen LogP contribution is -2.33. The zero-order valence-electron chi connectivity index (χ0n) is 20.2. The Balaban J connectivity index is 1.49. The van der Waals surface area contributed by atoms with E-state index < -0.39 is 11.6 Å². The van der Waals surface area contributed by atoms with Crippen molar-refractivity contribution in [3.8, 4) is 5.69 Å². The number of carbonyl (C=O) groups is 2. The second-order valence-electron chi connectivity index (χ2n) is 9.26. The number of carbonyl (C=O) groups excluding carboxylic acids is 2. The molecule has 0 saturated heterocycles. The highest BCUT2D eigenvalue weighted by atomic mass is 32.2. The number of rotatable bonds is 2. The predicted molar refractivity (Wildman–Crippen MR) is 138 cm³/mol. The number of benzene rings is 1. The van der Waals surface area contributed by atoms with Crippen molar-refractivity contribution in [2.45, 2.75) is 25.8 Å². The Bertz CT molecular complexity index is 1450. The summed E-state index contributed by atoms with van der Waals surface area (Å²) in [6, 6.07) is 6.79. The van der Waals surface area contributed by atoms with E-state index in [1.54, 1.807) is 23.9 Å². The summed E-state index contributed by atoms with van der Waals surface area (Å²) in [4.78, 5) is 46.1. The fourth-order valence-corrected chi connectivity index (χ4v) is 5.75. The molecule has 0 saturated carbocycles. The van der Waals surface area contributed by atoms with Gasteiger partial charge in [-0.15, -0.1) is 11.8 Å². The Labute approximate surface area is 216 Å². The summed E-state index contributed by atoms with van der Waals surface area (Å²) in [6.45, 7) is 6.35. The van der Waals surface area contributed by atoms with E-state index in [0.29, 0.717) is 18.2 Å². The highest BCUT2D eigenvalue weighted by molar-refractivity contribution is 8.02. The number of aromatic amines is 1. The van der Waals surface area contributed by atoms with Gasteiger partial charge in [0, 0.05) is 18.4 Å². The van der Waals surface area contributed by atoms with Crippen LogP contribution in [0.4, 0.5) is 0 Å². The van der Waals surface area contributed by atoms with E-state index in [1.807, 2.05) is 17.5 Å². The van der Waals surface area contributed by atoms with Crippen molar-refractivity contribution in [3.05, 3.63) is 87.2 Å². The van der Waals surface area contributed by atoms with Gasteiger partial charge in [0.25, 0.3) is 11.8 Å². The first kappa shape index (κ1) is 24.6. The number of aromatic nitrogens is 6. The maximum absolute atomic E-state index is 13.3. The Kier molecular flexibility index (Phi) is 6.99. The summed E-state index contributed by atoms with van der Waals surface area (Å²) in [5, 5.41) is 17.7. The van der Waals surface area contributed by atoms with E-state index in [-0.39, 0.29) is 29.3 Å². The molecule has 1 aliphatic carbocycles. The highest BCUT2D eigenvalue weighted by Gasteiger charge is 2.35. The molecule has 3 heterocycles. The van der Waals surface area contributed by atoms with E-state index in [1.165, 1.54) is 17.1 Å². The predicted octanol–water partition coefficient (Wildman–Crippen LogP) is 1.96. The van der Waals surface area contributed by atoms with Crippen molar-refractivity contribution in [3.63, 3.8) is 0 Å². The Morgan fingerprint density at radius 2 is 1.95 bits per heavy atom. The molecule has 2 bridgehead atoms. The molecule has 5 rings (SSSR count). The van der Waals surface area contributed by atoms with Gasteiger partial charge in [-0.3, -0.25) is 9.59 Å². The van der Waals surface area contributed by atoms with E-state index in [2.05, 4.69) is 49.6 Å². The number of nitrogens with one attached hydrogen (secondary N) is 3. The summed E-state index contributed by atoms with van der Waals surface area (Å²) < 4.78 is 1.21. The number of tetrazole rings is 1. The maximum Gasteiger partial charge on any atom is 0.365 e. The third kappa shape index (κ3) is 5.24. The van der Waals surface area contributed by atoms with Crippen LogP contribution in [-0.4, -0.2) is 54.3 Å². The zero-order chi connectivity index (χ0) is 25.9. The number of fused-ring (bicyclic) bond motifs is 5. The highest BCUT2D eigenvalue weighted by Crippen LogP contribution is 2.41. The molecule has 3 atom stereocenters. The molecule has 1 aromatic carbocycles. The van der Waals surface area contributed by atoms with Crippen LogP contribution in [0.3, 0.4) is 0 Å². The van der Waals surface area contributed by atoms with Crippen LogP contribution in [0.5, 0.6) is 0 Å². The maximum atomic E-state index is 13.3. The van der Waals surface area contributed by atoms with Gasteiger partial charge < -0.3 is 10.6 Å². The van der Waals surface area contributed by atoms with Gasteiger partial charge in [-0.25, -0.2) is 19.9 Å². The van der Waals surface area contributed by atoms with Crippen LogP contribution in [0.15, 0.2) is 59.0 Å². The molecule has 3 unspecified atom stereocenters. The topological polar surface area (TPSA) is 148 Å². The smallest absolute Gasteiger partial charge is 0.347 e. The van der Waals surface area contributed by atoms with Gasteiger partial charge in [-0.2, -0.15) is 4.68 Å². The lowest BCUT2D eigenvalue weighted by Gasteiger charge is -2.24. The van der Waals surface area contributed by atoms with Gasteiger partial charge in [0.15, 0.2) is 0 Å². The average Bonchev–Trinajstić information content (AvgIpc) is 3.47. The fourth-order valence-electron chi connectivity index (χ4n) is 4.80. The second kappa shape index (κ2) is 10.5. The molecule has 0 fully saturated rings. The standard InChI is InChI=1S/C25H26N8O3S/c1-3-15-10-26-23(34)20-9-21(28-13-27-20)24(35)29-22-17(6-14(2)11-37-12-15)7-16-8-18(4-5-19(16)22)33-25(36)30-31-32-33/h3-5,8-9,12-14,17,22H,1,6-7,10-11H2,2H3,(H,26,34)(H,29,35)(H,30,32,36)/b15-12+. The first-order valence-corrected chi connectivity index (χ1v) is 13.0. The number of thioether (sulfide) groups is 1. The summed E-state index contributed by atoms with van der Waals surface area (Å²) in [5.41, 5.74) is 3.34. The minimum Gasteiger partial charge on any atom is -0.347 e. The van der Waals surface area contributed by atoms with E-state index in [4.69, 9.17) is 0 Å². The summed E-state index contributed by atoms with van der Waals surface area (Å²) >= 11 is 1.68. The normalized spacial score (nSPS) is 23.7. The van der Waals surface area contributed by atoms with Gasteiger partial charge in [-0.1, -0.05) is 25.6 Å². The number of nitrogens with zero attached hydrogens (tertiary/aromatic N) is 5. The summed E-state index contributed by atoms with van der Waals surface area (Å²) in [7, 11) is 0. The van der Waals surface area contributed by atoms with Gasteiger partial charge in [0.1, 0.15) is 17.7 Å². The fraction of sp³-hybridized carbons (Fsp3) is 0.320. The molecule has 11 nitrogen and oxygen atoms in total. The van der Waals surface area contributed by atoms with Crippen LogP contribution in [0.2, 0.25) is 0 Å². The number of H-pyrrole nitrogens is 1. The molecule has 3 N–H and O–H groups in total. The lowest BCUT2D eigenvalue weighted by molar-refractivity contribution is 0.0916. The van der Waals surface area contributed by atoms with E-state index in [9.17, 15) is 14.4 Å². The van der Waals surface area contributed by atoms with Crippen molar-refractivity contribution in [2.75, 3.05) is 12.3 Å². The minimum absolute atomic E-state index is 0.114. The molecule has 1 aliphatic heterocycles. The van der Waals surface area contributed by atoms with Crippen LogP contribution in [0.25, 0.3) is 5.69 Å². The molecular formula is C25H26N8O3S. The Morgan fingerprint density at radius 1 is 1.14 bits per heavy atom. The van der Waals surface area contributed by atoms with Crippen LogP contribution >= 0.6 is 11.8 Å². The average molecular weight is 519 g/mol. The van der Waals surface area contributed by atoms with Crippen molar-refractivity contribution in [1.29, 1.82) is 0 Å². The van der Waals surface area contributed by atoms with Crippen molar-refractivity contribution in [2.24, 2.45) is 11.8 Å². The molecule has 190 valence electrons. The minimum atomic E-state index is -0.419. The third-order valence-electron chi connectivity index (χ3n) is 6.59. The van der Waals surface area contributed by atoms with Gasteiger partial charge in [0.2, 0.25) is 0 Å². The lowest BCUT2D eigenvalue weighted by atomic mass is 9.91. The van der Waals surface area contributed by atoms with Crippen LogP contribution in [-0.2, 0) is 6.42 Å². The van der Waals surface area contributed by atoms with E-state index >= 15 is 0 Å². The molecule has 2 aromatic heterocycles. The molecule has 37 heavy (non-hydrogen) atoms. The van der Waals surface area contributed by atoms with Crippen LogP contribution < -0.4 is 16.3 Å². The quantitative estimate of drug-likeness (QED) is 0.466. The SMILES string of the molecule is C=C/C1=C\SCC(C)CC2Cc3cc(-n4nn[nH]c4=O)ccc3C2NC(=O)c2cc(ncn2)C(=O)NC1. The number of amides is 2. The largest absolute Gasteiger partial charge is 0.365 e. The van der Waals surface area contributed by atoms with Gasteiger partial charge in [-0.05, 0) is 69.3 Å². The molecule has 0 radical (unpaired) electrons. The molecule has 2 amide bonds. The molecule has 3 aromatic rings. The zero-order valence-corrected chi connectivity index (χ0v) is 21.0. The molecular weight excluding hydrogens is 492 g/mol. The third-order valence-corrected chi connectivity index (χ3v) is 7.82. The first-order valence-electron chi connectivity index (χ1n) is 11.9.